The minimum Gasteiger partial charge on any atom is -0.0999 e. The Morgan fingerprint density at radius 1 is 1.13 bits per heavy atom. The van der Waals surface area contributed by atoms with Crippen LogP contribution in [0.1, 0.15) is 47.5 Å². The SMILES string of the molecule is C=C(C)[C@@H]1C[C@H](C(=C)C)[C@@H](C)C(C)(C)C1. The Balaban J connectivity index is 2.91. The van der Waals surface area contributed by atoms with Crippen molar-refractivity contribution in [3.63, 3.8) is 0 Å². The van der Waals surface area contributed by atoms with Crippen LogP contribution >= 0.6 is 0 Å². The summed E-state index contributed by atoms with van der Waals surface area (Å²) in [6.07, 6.45) is 2.54. The van der Waals surface area contributed by atoms with Gasteiger partial charge in [0.15, 0.2) is 0 Å². The first-order valence-corrected chi connectivity index (χ1v) is 6.06. The summed E-state index contributed by atoms with van der Waals surface area (Å²) in [4.78, 5) is 0. The summed E-state index contributed by atoms with van der Waals surface area (Å²) in [6, 6.07) is 0. The van der Waals surface area contributed by atoms with Crippen LogP contribution in [0.2, 0.25) is 0 Å². The lowest BCUT2D eigenvalue weighted by atomic mass is 9.58. The fourth-order valence-electron chi connectivity index (χ4n) is 2.96. The van der Waals surface area contributed by atoms with Crippen LogP contribution in [0.25, 0.3) is 0 Å². The first kappa shape index (κ1) is 12.5. The second kappa shape index (κ2) is 4.15. The predicted octanol–water partition coefficient (Wildman–Crippen LogP) is 4.83. The molecule has 0 heteroatoms. The Morgan fingerprint density at radius 3 is 2.07 bits per heavy atom. The van der Waals surface area contributed by atoms with Crippen LogP contribution in [-0.2, 0) is 0 Å². The fourth-order valence-corrected chi connectivity index (χ4v) is 2.96. The molecule has 0 amide bonds. The van der Waals surface area contributed by atoms with Gasteiger partial charge in [0.25, 0.3) is 0 Å². The van der Waals surface area contributed by atoms with Crippen molar-refractivity contribution in [1.82, 2.24) is 0 Å². The summed E-state index contributed by atoms with van der Waals surface area (Å²) < 4.78 is 0. The molecule has 15 heavy (non-hydrogen) atoms. The van der Waals surface area contributed by atoms with Crippen molar-refractivity contribution in [1.29, 1.82) is 0 Å². The van der Waals surface area contributed by atoms with Gasteiger partial charge in [-0.25, -0.2) is 0 Å². The van der Waals surface area contributed by atoms with Crippen LogP contribution < -0.4 is 0 Å². The van der Waals surface area contributed by atoms with Crippen molar-refractivity contribution in [2.24, 2.45) is 23.2 Å². The summed E-state index contributed by atoms with van der Waals surface area (Å²) >= 11 is 0. The van der Waals surface area contributed by atoms with Gasteiger partial charge in [0, 0.05) is 0 Å². The van der Waals surface area contributed by atoms with Gasteiger partial charge in [-0.2, -0.15) is 0 Å². The van der Waals surface area contributed by atoms with E-state index in [9.17, 15) is 0 Å². The molecule has 0 spiro atoms. The molecule has 0 heterocycles. The van der Waals surface area contributed by atoms with Gasteiger partial charge in [0.05, 0.1) is 0 Å². The Bertz CT molecular complexity index is 270. The molecular formula is C15H26. The average Bonchev–Trinajstić information content (AvgIpc) is 2.08. The van der Waals surface area contributed by atoms with Crippen molar-refractivity contribution >= 4 is 0 Å². The van der Waals surface area contributed by atoms with Crippen LogP contribution in [0.3, 0.4) is 0 Å². The van der Waals surface area contributed by atoms with Gasteiger partial charge >= 0.3 is 0 Å². The molecule has 0 aromatic rings. The van der Waals surface area contributed by atoms with Crippen LogP contribution in [-0.4, -0.2) is 0 Å². The van der Waals surface area contributed by atoms with E-state index in [1.165, 1.54) is 24.0 Å². The van der Waals surface area contributed by atoms with Crippen molar-refractivity contribution < 1.29 is 0 Å². The van der Waals surface area contributed by atoms with Crippen molar-refractivity contribution in [3.05, 3.63) is 24.3 Å². The smallest absolute Gasteiger partial charge is 0.0172 e. The molecule has 3 atom stereocenters. The summed E-state index contributed by atoms with van der Waals surface area (Å²) in [6.45, 7) is 19.8. The highest BCUT2D eigenvalue weighted by molar-refractivity contribution is 5.10. The lowest BCUT2D eigenvalue weighted by molar-refractivity contribution is 0.0785. The molecule has 0 unspecified atom stereocenters. The first-order valence-electron chi connectivity index (χ1n) is 6.06. The lowest BCUT2D eigenvalue weighted by Gasteiger charge is -2.46. The molecule has 0 N–H and O–H groups in total. The summed E-state index contributed by atoms with van der Waals surface area (Å²) in [5, 5.41) is 0. The van der Waals surface area contributed by atoms with Crippen LogP contribution in [0.15, 0.2) is 24.3 Å². The second-order valence-corrected chi connectivity index (χ2v) is 6.21. The molecule has 0 aromatic carbocycles. The molecular weight excluding hydrogens is 180 g/mol. The molecule has 0 radical (unpaired) electrons. The third-order valence-electron chi connectivity index (χ3n) is 4.48. The lowest BCUT2D eigenvalue weighted by Crippen LogP contribution is -2.37. The van der Waals surface area contributed by atoms with Gasteiger partial charge in [-0.3, -0.25) is 0 Å². The molecule has 1 fully saturated rings. The zero-order chi connectivity index (χ0) is 11.8. The standard InChI is InChI=1S/C15H26/c1-10(2)13-8-14(11(3)4)12(5)15(6,7)9-13/h12-14H,1,3,8-9H2,2,4-7H3/t12-,13-,14-/m1/s1. The van der Waals surface area contributed by atoms with E-state index in [-0.39, 0.29) is 0 Å². The van der Waals surface area contributed by atoms with Gasteiger partial charge < -0.3 is 0 Å². The van der Waals surface area contributed by atoms with E-state index in [2.05, 4.69) is 47.8 Å². The number of rotatable bonds is 2. The topological polar surface area (TPSA) is 0 Å². The van der Waals surface area contributed by atoms with E-state index in [0.29, 0.717) is 17.3 Å². The Labute approximate surface area is 95.5 Å². The molecule has 86 valence electrons. The molecule has 0 nitrogen and oxygen atoms in total. The van der Waals surface area contributed by atoms with Crippen LogP contribution in [0.4, 0.5) is 0 Å². The molecule has 0 bridgehead atoms. The minimum absolute atomic E-state index is 0.422. The highest BCUT2D eigenvalue weighted by Crippen LogP contribution is 2.49. The maximum Gasteiger partial charge on any atom is -0.0172 e. The van der Waals surface area contributed by atoms with Gasteiger partial charge in [-0.15, -0.1) is 0 Å². The second-order valence-electron chi connectivity index (χ2n) is 6.21. The van der Waals surface area contributed by atoms with Gasteiger partial charge in [-0.05, 0) is 49.9 Å². The largest absolute Gasteiger partial charge is 0.0999 e. The highest BCUT2D eigenvalue weighted by Gasteiger charge is 2.40. The zero-order valence-corrected chi connectivity index (χ0v) is 11.1. The van der Waals surface area contributed by atoms with Crippen molar-refractivity contribution in [2.75, 3.05) is 0 Å². The van der Waals surface area contributed by atoms with Gasteiger partial charge in [-0.1, -0.05) is 45.1 Å². The van der Waals surface area contributed by atoms with E-state index < -0.39 is 0 Å². The van der Waals surface area contributed by atoms with Crippen LogP contribution in [0, 0.1) is 23.2 Å². The first-order chi connectivity index (χ1) is 6.75. The molecule has 0 saturated heterocycles. The maximum absolute atomic E-state index is 4.16. The molecule has 0 aromatic heterocycles. The van der Waals surface area contributed by atoms with Gasteiger partial charge in [0.1, 0.15) is 0 Å². The van der Waals surface area contributed by atoms with E-state index in [1.54, 1.807) is 0 Å². The zero-order valence-electron chi connectivity index (χ0n) is 11.1. The van der Waals surface area contributed by atoms with Crippen molar-refractivity contribution in [2.45, 2.75) is 47.5 Å². The normalized spacial score (nSPS) is 34.9. The van der Waals surface area contributed by atoms with E-state index in [1.807, 2.05) is 0 Å². The average molecular weight is 206 g/mol. The molecule has 1 saturated carbocycles. The third-order valence-corrected chi connectivity index (χ3v) is 4.48. The summed E-state index contributed by atoms with van der Waals surface area (Å²) in [7, 11) is 0. The van der Waals surface area contributed by atoms with E-state index in [0.717, 1.165) is 5.92 Å². The Morgan fingerprint density at radius 2 is 1.67 bits per heavy atom. The molecule has 1 aliphatic carbocycles. The summed E-state index contributed by atoms with van der Waals surface area (Å²) in [5.41, 5.74) is 3.12. The summed E-state index contributed by atoms with van der Waals surface area (Å²) in [5.74, 6) is 2.11. The monoisotopic (exact) mass is 206 g/mol. The maximum atomic E-state index is 4.16. The van der Waals surface area contributed by atoms with Crippen LogP contribution in [0.5, 0.6) is 0 Å². The van der Waals surface area contributed by atoms with Gasteiger partial charge in [0.2, 0.25) is 0 Å². The number of allylic oxidation sites excluding steroid dienone is 2. The fraction of sp³-hybridized carbons (Fsp3) is 0.733. The van der Waals surface area contributed by atoms with E-state index in [4.69, 9.17) is 0 Å². The number of hydrogen-bond donors (Lipinski definition) is 0. The molecule has 0 aliphatic heterocycles. The molecule has 1 rings (SSSR count). The predicted molar refractivity (Wildman–Crippen MR) is 68.8 cm³/mol. The molecule has 1 aliphatic rings. The minimum atomic E-state index is 0.422. The Hall–Kier alpha value is -0.520. The number of hydrogen-bond acceptors (Lipinski definition) is 0. The third kappa shape index (κ3) is 2.53. The quantitative estimate of drug-likeness (QED) is 0.568. The van der Waals surface area contributed by atoms with Crippen molar-refractivity contribution in [3.8, 4) is 0 Å². The van der Waals surface area contributed by atoms with E-state index >= 15 is 0 Å². The Kier molecular flexibility index (Phi) is 3.48. The highest BCUT2D eigenvalue weighted by atomic mass is 14.4.